The van der Waals surface area contributed by atoms with Crippen LogP contribution in [0.2, 0.25) is 0 Å². The molecule has 6 heteroatoms. The maximum absolute atomic E-state index is 11.9. The summed E-state index contributed by atoms with van der Waals surface area (Å²) in [7, 11) is 2.33. The van der Waals surface area contributed by atoms with Crippen molar-refractivity contribution in [2.75, 3.05) is 14.2 Å². The third-order valence-corrected chi connectivity index (χ3v) is 3.33. The Balaban J connectivity index is 3.43. The highest BCUT2D eigenvalue weighted by molar-refractivity contribution is 6.05. The van der Waals surface area contributed by atoms with E-state index in [1.54, 1.807) is 0 Å². The molecule has 1 fully saturated rings. The lowest BCUT2D eigenvalue weighted by atomic mass is 9.80. The van der Waals surface area contributed by atoms with Crippen LogP contribution in [0.3, 0.4) is 0 Å². The lowest BCUT2D eigenvalue weighted by Gasteiger charge is -2.25. The van der Waals surface area contributed by atoms with Crippen LogP contribution in [0.5, 0.6) is 0 Å². The van der Waals surface area contributed by atoms with Gasteiger partial charge in [-0.2, -0.15) is 0 Å². The van der Waals surface area contributed by atoms with Gasteiger partial charge in [0.2, 0.25) is 0 Å². The molecule has 0 aromatic carbocycles. The molecule has 1 aliphatic rings. The highest BCUT2D eigenvalue weighted by Crippen LogP contribution is 2.46. The molecular weight excluding hydrogens is 240 g/mol. The van der Waals surface area contributed by atoms with Crippen LogP contribution in [0, 0.1) is 5.41 Å². The average Bonchev–Trinajstić information content (AvgIpc) is 2.81. The summed E-state index contributed by atoms with van der Waals surface area (Å²) in [6.07, 6.45) is 1.14. The standard InChI is InChI=1S/C12H16O6/c1-7(9(13)14)8-5-4-6-12(8,10(15)17-2)11(16)18-3/h4-6H2,1-3H3,(H,13,14)/b8-7+. The van der Waals surface area contributed by atoms with Gasteiger partial charge in [-0.3, -0.25) is 9.59 Å². The quantitative estimate of drug-likeness (QED) is 0.458. The molecular formula is C12H16O6. The molecule has 0 spiro atoms. The van der Waals surface area contributed by atoms with Crippen molar-refractivity contribution >= 4 is 17.9 Å². The van der Waals surface area contributed by atoms with Crippen molar-refractivity contribution in [3.8, 4) is 0 Å². The van der Waals surface area contributed by atoms with E-state index in [9.17, 15) is 14.4 Å². The lowest BCUT2D eigenvalue weighted by Crippen LogP contribution is -2.41. The molecule has 1 rings (SSSR count). The number of hydrogen-bond donors (Lipinski definition) is 1. The van der Waals surface area contributed by atoms with E-state index >= 15 is 0 Å². The van der Waals surface area contributed by atoms with Gasteiger partial charge < -0.3 is 14.6 Å². The fraction of sp³-hybridized carbons (Fsp3) is 0.583. The number of carboxylic acid groups (broad SMARTS) is 1. The zero-order valence-electron chi connectivity index (χ0n) is 10.6. The SMILES string of the molecule is COC(=O)C1(C(=O)OC)CCC/C1=C(/C)C(=O)O. The van der Waals surface area contributed by atoms with Crippen LogP contribution in [-0.2, 0) is 23.9 Å². The summed E-state index contributed by atoms with van der Waals surface area (Å²) < 4.78 is 9.31. The van der Waals surface area contributed by atoms with Crippen molar-refractivity contribution in [1.82, 2.24) is 0 Å². The lowest BCUT2D eigenvalue weighted by molar-refractivity contribution is -0.165. The van der Waals surface area contributed by atoms with Crippen LogP contribution in [-0.4, -0.2) is 37.2 Å². The zero-order valence-corrected chi connectivity index (χ0v) is 10.6. The Morgan fingerprint density at radius 2 is 1.67 bits per heavy atom. The van der Waals surface area contributed by atoms with Gasteiger partial charge in [-0.05, 0) is 31.8 Å². The van der Waals surface area contributed by atoms with Gasteiger partial charge in [0, 0.05) is 5.57 Å². The number of carboxylic acids is 1. The molecule has 18 heavy (non-hydrogen) atoms. The predicted octanol–water partition coefficient (Wildman–Crippen LogP) is 0.904. The first-order valence-electron chi connectivity index (χ1n) is 5.52. The molecule has 0 atom stereocenters. The van der Waals surface area contributed by atoms with Gasteiger partial charge in [-0.25, -0.2) is 4.79 Å². The van der Waals surface area contributed by atoms with Gasteiger partial charge in [0.15, 0.2) is 5.41 Å². The molecule has 0 amide bonds. The van der Waals surface area contributed by atoms with Crippen molar-refractivity contribution in [3.63, 3.8) is 0 Å². The first-order chi connectivity index (χ1) is 8.41. The van der Waals surface area contributed by atoms with Crippen LogP contribution in [0.1, 0.15) is 26.2 Å². The third kappa shape index (κ3) is 1.98. The number of carbonyl (C=O) groups excluding carboxylic acids is 2. The van der Waals surface area contributed by atoms with Crippen LogP contribution in [0.15, 0.2) is 11.1 Å². The number of methoxy groups -OCH3 is 2. The fourth-order valence-electron chi connectivity index (χ4n) is 2.41. The third-order valence-electron chi connectivity index (χ3n) is 3.33. The summed E-state index contributed by atoms with van der Waals surface area (Å²) >= 11 is 0. The van der Waals surface area contributed by atoms with E-state index in [-0.39, 0.29) is 17.6 Å². The number of aliphatic carboxylic acids is 1. The molecule has 0 bridgehead atoms. The van der Waals surface area contributed by atoms with E-state index in [4.69, 9.17) is 5.11 Å². The molecule has 0 aliphatic heterocycles. The Bertz CT molecular complexity index is 404. The zero-order chi connectivity index (χ0) is 13.9. The number of hydrogen-bond acceptors (Lipinski definition) is 5. The minimum atomic E-state index is -1.59. The number of rotatable bonds is 3. The monoisotopic (exact) mass is 256 g/mol. The van der Waals surface area contributed by atoms with Crippen molar-refractivity contribution in [3.05, 3.63) is 11.1 Å². The van der Waals surface area contributed by atoms with Gasteiger partial charge in [-0.15, -0.1) is 0 Å². The molecule has 1 N–H and O–H groups in total. The van der Waals surface area contributed by atoms with Crippen molar-refractivity contribution in [2.45, 2.75) is 26.2 Å². The molecule has 0 heterocycles. The van der Waals surface area contributed by atoms with E-state index < -0.39 is 23.3 Å². The Morgan fingerprint density at radius 3 is 2.06 bits per heavy atom. The molecule has 0 saturated heterocycles. The topological polar surface area (TPSA) is 89.9 Å². The second kappa shape index (κ2) is 5.20. The van der Waals surface area contributed by atoms with E-state index in [1.807, 2.05) is 0 Å². The average molecular weight is 256 g/mol. The van der Waals surface area contributed by atoms with E-state index in [0.717, 1.165) is 0 Å². The van der Waals surface area contributed by atoms with E-state index in [2.05, 4.69) is 9.47 Å². The van der Waals surface area contributed by atoms with Gasteiger partial charge >= 0.3 is 17.9 Å². The van der Waals surface area contributed by atoms with Gasteiger partial charge in [-0.1, -0.05) is 0 Å². The normalized spacial score (nSPS) is 20.2. The van der Waals surface area contributed by atoms with E-state index in [1.165, 1.54) is 21.1 Å². The minimum absolute atomic E-state index is 0.00306. The Kier molecular flexibility index (Phi) is 4.11. The maximum atomic E-state index is 11.9. The van der Waals surface area contributed by atoms with Crippen molar-refractivity contribution in [1.29, 1.82) is 0 Å². The maximum Gasteiger partial charge on any atom is 0.331 e. The largest absolute Gasteiger partial charge is 0.478 e. The van der Waals surface area contributed by atoms with Crippen molar-refractivity contribution in [2.24, 2.45) is 5.41 Å². The molecule has 0 unspecified atom stereocenters. The van der Waals surface area contributed by atoms with Gasteiger partial charge in [0.1, 0.15) is 0 Å². The molecule has 6 nitrogen and oxygen atoms in total. The molecule has 0 aromatic heterocycles. The Morgan fingerprint density at radius 1 is 1.17 bits per heavy atom. The van der Waals surface area contributed by atoms with Crippen molar-refractivity contribution < 1.29 is 29.0 Å². The summed E-state index contributed by atoms with van der Waals surface area (Å²) in [5.74, 6) is -2.67. The summed E-state index contributed by atoms with van der Waals surface area (Å²) in [5, 5.41) is 9.02. The highest BCUT2D eigenvalue weighted by atomic mass is 16.5. The van der Waals surface area contributed by atoms with Gasteiger partial charge in [0.25, 0.3) is 0 Å². The summed E-state index contributed by atoms with van der Waals surface area (Å²) in [4.78, 5) is 34.9. The molecule has 1 aliphatic carbocycles. The first kappa shape index (κ1) is 14.2. The van der Waals surface area contributed by atoms with Crippen LogP contribution in [0.25, 0.3) is 0 Å². The second-order valence-corrected chi connectivity index (χ2v) is 4.15. The highest BCUT2D eigenvalue weighted by Gasteiger charge is 2.55. The number of carbonyl (C=O) groups is 3. The molecule has 1 saturated carbocycles. The summed E-state index contributed by atoms with van der Waals surface area (Å²) in [6, 6.07) is 0. The Hall–Kier alpha value is -1.85. The number of ether oxygens (including phenoxy) is 2. The summed E-state index contributed by atoms with van der Waals surface area (Å²) in [5.41, 5.74) is -1.30. The van der Waals surface area contributed by atoms with Crippen LogP contribution in [0.4, 0.5) is 0 Å². The van der Waals surface area contributed by atoms with E-state index in [0.29, 0.717) is 12.8 Å². The predicted molar refractivity (Wildman–Crippen MR) is 60.7 cm³/mol. The molecule has 0 aromatic rings. The number of esters is 2. The summed E-state index contributed by atoms with van der Waals surface area (Å²) in [6.45, 7) is 1.38. The molecule has 0 radical (unpaired) electrons. The smallest absolute Gasteiger partial charge is 0.331 e. The second-order valence-electron chi connectivity index (χ2n) is 4.15. The fourth-order valence-corrected chi connectivity index (χ4v) is 2.41. The minimum Gasteiger partial charge on any atom is -0.478 e. The molecule has 100 valence electrons. The van der Waals surface area contributed by atoms with Crippen LogP contribution >= 0.6 is 0 Å². The van der Waals surface area contributed by atoms with Gasteiger partial charge in [0.05, 0.1) is 14.2 Å². The van der Waals surface area contributed by atoms with Crippen LogP contribution < -0.4 is 0 Å². The first-order valence-corrected chi connectivity index (χ1v) is 5.52. The Labute approximate surface area is 105 Å².